The lowest BCUT2D eigenvalue weighted by atomic mass is 10.1. The number of halogens is 2. The molecule has 0 spiro atoms. The van der Waals surface area contributed by atoms with Gasteiger partial charge in [-0.15, -0.1) is 10.2 Å². The molecule has 0 bridgehead atoms. The summed E-state index contributed by atoms with van der Waals surface area (Å²) in [5.41, 5.74) is 1.47. The normalized spacial score (nSPS) is 13.9. The number of hydrogen-bond acceptors (Lipinski definition) is 3. The minimum Gasteiger partial charge on any atom is -0.322 e. The molecular formula is C22H20F2N4O. The van der Waals surface area contributed by atoms with E-state index in [9.17, 15) is 13.6 Å². The minimum absolute atomic E-state index is 0.311. The van der Waals surface area contributed by atoms with Crippen LogP contribution >= 0.6 is 0 Å². The first kappa shape index (κ1) is 19.0. The molecule has 148 valence electrons. The van der Waals surface area contributed by atoms with Crippen LogP contribution in [0.5, 0.6) is 0 Å². The van der Waals surface area contributed by atoms with Crippen molar-refractivity contribution in [2.75, 3.05) is 5.32 Å². The smallest absolute Gasteiger partial charge is 0.248 e. The van der Waals surface area contributed by atoms with Crippen molar-refractivity contribution in [3.63, 3.8) is 0 Å². The van der Waals surface area contributed by atoms with E-state index in [-0.39, 0.29) is 11.7 Å². The Balaban J connectivity index is 1.54. The molecular weight excluding hydrogens is 374 g/mol. The van der Waals surface area contributed by atoms with E-state index < -0.39 is 5.82 Å². The van der Waals surface area contributed by atoms with Crippen LogP contribution in [0.4, 0.5) is 14.5 Å². The first-order chi connectivity index (χ1) is 14.1. The molecule has 1 amide bonds. The number of carbonyl (C=O) groups excluding carboxylic acids is 1. The summed E-state index contributed by atoms with van der Waals surface area (Å²) in [6.07, 6.45) is 6.93. The quantitative estimate of drug-likeness (QED) is 0.658. The van der Waals surface area contributed by atoms with E-state index in [1.165, 1.54) is 30.3 Å². The molecule has 1 N–H and O–H groups in total. The van der Waals surface area contributed by atoms with Gasteiger partial charge in [0, 0.05) is 24.7 Å². The van der Waals surface area contributed by atoms with E-state index in [4.69, 9.17) is 0 Å². The zero-order valence-corrected chi connectivity index (χ0v) is 15.7. The van der Waals surface area contributed by atoms with Gasteiger partial charge in [0.1, 0.15) is 17.5 Å². The van der Waals surface area contributed by atoms with Crippen LogP contribution in [-0.4, -0.2) is 20.7 Å². The van der Waals surface area contributed by atoms with Crippen LogP contribution < -0.4 is 5.32 Å². The zero-order chi connectivity index (χ0) is 20.2. The maximum atomic E-state index is 14.5. The molecule has 4 rings (SSSR count). The predicted octanol–water partition coefficient (Wildman–Crippen LogP) is 4.60. The molecule has 2 aromatic carbocycles. The van der Waals surface area contributed by atoms with Crippen molar-refractivity contribution >= 4 is 17.7 Å². The molecule has 0 saturated heterocycles. The van der Waals surface area contributed by atoms with Gasteiger partial charge >= 0.3 is 0 Å². The summed E-state index contributed by atoms with van der Waals surface area (Å²) in [6, 6.07) is 10.2. The van der Waals surface area contributed by atoms with Crippen molar-refractivity contribution in [1.82, 2.24) is 14.8 Å². The van der Waals surface area contributed by atoms with Gasteiger partial charge in [-0.1, -0.05) is 18.6 Å². The van der Waals surface area contributed by atoms with Crippen LogP contribution in [0.25, 0.3) is 17.5 Å². The number of carbonyl (C=O) groups is 1. The minimum atomic E-state index is -0.413. The Kier molecular flexibility index (Phi) is 5.46. The number of aryl methyl sites for hydroxylation is 1. The molecule has 29 heavy (non-hydrogen) atoms. The fourth-order valence-electron chi connectivity index (χ4n) is 3.39. The summed E-state index contributed by atoms with van der Waals surface area (Å²) in [4.78, 5) is 12.2. The molecule has 0 radical (unpaired) electrons. The first-order valence-electron chi connectivity index (χ1n) is 9.57. The summed E-state index contributed by atoms with van der Waals surface area (Å²) in [5, 5.41) is 11.1. The molecule has 0 aliphatic carbocycles. The fourth-order valence-corrected chi connectivity index (χ4v) is 3.39. The third-order valence-corrected chi connectivity index (χ3v) is 4.88. The molecule has 0 atom stereocenters. The van der Waals surface area contributed by atoms with Crippen molar-refractivity contribution in [1.29, 1.82) is 0 Å². The Morgan fingerprint density at radius 3 is 2.69 bits per heavy atom. The van der Waals surface area contributed by atoms with Gasteiger partial charge in [-0.25, -0.2) is 8.78 Å². The number of nitrogens with zero attached hydrogens (tertiary/aromatic N) is 3. The standard InChI is InChI=1S/C22H20F2N4O/c23-16-8-5-15(6-9-16)7-12-21(29)25-17-10-11-19(24)18(14-17)22-27-26-20-4-2-1-3-13-28(20)22/h5-12,14H,1-4,13H2,(H,25,29)/b12-7+. The van der Waals surface area contributed by atoms with Crippen LogP contribution in [0, 0.1) is 11.6 Å². The highest BCUT2D eigenvalue weighted by Gasteiger charge is 2.19. The van der Waals surface area contributed by atoms with Gasteiger partial charge in [-0.05, 0) is 54.8 Å². The molecule has 2 heterocycles. The summed E-state index contributed by atoms with van der Waals surface area (Å²) < 4.78 is 29.4. The number of anilines is 1. The van der Waals surface area contributed by atoms with Crippen LogP contribution in [0.2, 0.25) is 0 Å². The Labute approximate surface area is 167 Å². The molecule has 0 unspecified atom stereocenters. The van der Waals surface area contributed by atoms with Crippen LogP contribution in [0.15, 0.2) is 48.5 Å². The molecule has 1 aliphatic heterocycles. The second-order valence-electron chi connectivity index (χ2n) is 6.97. The van der Waals surface area contributed by atoms with Crippen LogP contribution in [-0.2, 0) is 17.8 Å². The highest BCUT2D eigenvalue weighted by Crippen LogP contribution is 2.27. The highest BCUT2D eigenvalue weighted by molar-refractivity contribution is 6.02. The lowest BCUT2D eigenvalue weighted by Crippen LogP contribution is -2.09. The summed E-state index contributed by atoms with van der Waals surface area (Å²) in [7, 11) is 0. The number of hydrogen-bond donors (Lipinski definition) is 1. The summed E-state index contributed by atoms with van der Waals surface area (Å²) >= 11 is 0. The second kappa shape index (κ2) is 8.34. The molecule has 0 fully saturated rings. The molecule has 1 aliphatic rings. The third-order valence-electron chi connectivity index (χ3n) is 4.88. The maximum absolute atomic E-state index is 14.5. The zero-order valence-electron chi connectivity index (χ0n) is 15.7. The van der Waals surface area contributed by atoms with E-state index in [1.54, 1.807) is 24.3 Å². The van der Waals surface area contributed by atoms with Crippen molar-refractivity contribution in [3.05, 3.63) is 71.6 Å². The van der Waals surface area contributed by atoms with E-state index >= 15 is 0 Å². The van der Waals surface area contributed by atoms with Crippen molar-refractivity contribution < 1.29 is 13.6 Å². The first-order valence-corrected chi connectivity index (χ1v) is 9.57. The monoisotopic (exact) mass is 394 g/mol. The molecule has 5 nitrogen and oxygen atoms in total. The maximum Gasteiger partial charge on any atom is 0.248 e. The second-order valence-corrected chi connectivity index (χ2v) is 6.97. The number of benzene rings is 2. The van der Waals surface area contributed by atoms with Crippen molar-refractivity contribution in [2.45, 2.75) is 32.2 Å². The van der Waals surface area contributed by atoms with E-state index in [2.05, 4.69) is 15.5 Å². The van der Waals surface area contributed by atoms with Crippen molar-refractivity contribution in [2.24, 2.45) is 0 Å². The lowest BCUT2D eigenvalue weighted by Gasteiger charge is -2.10. The average Bonchev–Trinajstić information content (AvgIpc) is 2.96. The topological polar surface area (TPSA) is 59.8 Å². The Hall–Kier alpha value is -3.35. The SMILES string of the molecule is O=C(/C=C/c1ccc(F)cc1)Nc1ccc(F)c(-c2nnc3n2CCCCC3)c1. The largest absolute Gasteiger partial charge is 0.322 e. The van der Waals surface area contributed by atoms with Gasteiger partial charge in [-0.3, -0.25) is 4.79 Å². The lowest BCUT2D eigenvalue weighted by molar-refractivity contribution is -0.111. The van der Waals surface area contributed by atoms with Gasteiger partial charge in [-0.2, -0.15) is 0 Å². The van der Waals surface area contributed by atoms with Crippen LogP contribution in [0.1, 0.15) is 30.7 Å². The third kappa shape index (κ3) is 4.39. The predicted molar refractivity (Wildman–Crippen MR) is 107 cm³/mol. The average molecular weight is 394 g/mol. The van der Waals surface area contributed by atoms with Gasteiger partial charge < -0.3 is 9.88 Å². The van der Waals surface area contributed by atoms with Crippen LogP contribution in [0.3, 0.4) is 0 Å². The van der Waals surface area contributed by atoms with Crippen molar-refractivity contribution in [3.8, 4) is 11.4 Å². The summed E-state index contributed by atoms with van der Waals surface area (Å²) in [5.74, 6) is 0.235. The Bertz CT molecular complexity index is 1060. The number of rotatable bonds is 4. The molecule has 3 aromatic rings. The van der Waals surface area contributed by atoms with Gasteiger partial charge in [0.2, 0.25) is 5.91 Å². The van der Waals surface area contributed by atoms with Gasteiger partial charge in [0.15, 0.2) is 5.82 Å². The van der Waals surface area contributed by atoms with Gasteiger partial charge in [0.25, 0.3) is 0 Å². The molecule has 7 heteroatoms. The number of aromatic nitrogens is 3. The Morgan fingerprint density at radius 2 is 1.86 bits per heavy atom. The number of fused-ring (bicyclic) bond motifs is 1. The van der Waals surface area contributed by atoms with E-state index in [0.717, 1.165) is 38.1 Å². The number of nitrogens with one attached hydrogen (secondary N) is 1. The Morgan fingerprint density at radius 1 is 1.03 bits per heavy atom. The highest BCUT2D eigenvalue weighted by atomic mass is 19.1. The van der Waals surface area contributed by atoms with E-state index in [0.29, 0.717) is 22.6 Å². The summed E-state index contributed by atoms with van der Waals surface area (Å²) in [6.45, 7) is 0.758. The van der Waals surface area contributed by atoms with E-state index in [1.807, 2.05) is 4.57 Å². The molecule has 0 saturated carbocycles. The van der Waals surface area contributed by atoms with Gasteiger partial charge in [0.05, 0.1) is 5.56 Å². The number of amides is 1. The fraction of sp³-hybridized carbons (Fsp3) is 0.227. The molecule has 1 aromatic heterocycles.